The first-order valence-electron chi connectivity index (χ1n) is 6.60. The van der Waals surface area contributed by atoms with Gasteiger partial charge >= 0.3 is 5.97 Å². The molecule has 0 aliphatic carbocycles. The molecule has 0 saturated carbocycles. The largest absolute Gasteiger partial charge is 0.478 e. The molecule has 5 heteroatoms. The minimum Gasteiger partial charge on any atom is -0.478 e. The van der Waals surface area contributed by atoms with Crippen LogP contribution in [0.25, 0.3) is 0 Å². The van der Waals surface area contributed by atoms with E-state index in [1.807, 2.05) is 24.0 Å². The highest BCUT2D eigenvalue weighted by Gasteiger charge is 2.08. The maximum atomic E-state index is 11.0. The lowest BCUT2D eigenvalue weighted by molar-refractivity contribution is 0.0696. The first-order valence-corrected chi connectivity index (χ1v) is 6.60. The summed E-state index contributed by atoms with van der Waals surface area (Å²) in [5.74, 6) is -0.894. The van der Waals surface area contributed by atoms with Gasteiger partial charge in [-0.1, -0.05) is 6.92 Å². The number of carboxylic acid groups (broad SMARTS) is 1. The molecule has 2 N–H and O–H groups in total. The zero-order valence-corrected chi connectivity index (χ0v) is 12.0. The highest BCUT2D eigenvalue weighted by atomic mass is 16.4. The fraction of sp³-hybridized carbons (Fsp3) is 0.333. The molecule has 0 unspecified atom stereocenters. The minimum absolute atomic E-state index is 0.339. The second-order valence-corrected chi connectivity index (χ2v) is 4.82. The van der Waals surface area contributed by atoms with Crippen molar-refractivity contribution in [1.82, 2.24) is 9.78 Å². The Hall–Kier alpha value is -2.30. The molecule has 0 aliphatic heterocycles. The molecule has 0 amide bonds. The van der Waals surface area contributed by atoms with Crippen LogP contribution in [-0.2, 0) is 20.0 Å². The average Bonchev–Trinajstić information content (AvgIpc) is 2.76. The predicted molar refractivity (Wildman–Crippen MR) is 78.1 cm³/mol. The zero-order chi connectivity index (χ0) is 14.7. The number of benzene rings is 1. The summed E-state index contributed by atoms with van der Waals surface area (Å²) in [7, 11) is 1.91. The van der Waals surface area contributed by atoms with Gasteiger partial charge in [0.05, 0.1) is 11.3 Å². The fourth-order valence-electron chi connectivity index (χ4n) is 2.24. The van der Waals surface area contributed by atoms with Gasteiger partial charge in [-0.15, -0.1) is 0 Å². The van der Waals surface area contributed by atoms with E-state index in [2.05, 4.69) is 17.3 Å². The Morgan fingerprint density at radius 3 is 2.80 bits per heavy atom. The molecule has 2 aromatic rings. The zero-order valence-electron chi connectivity index (χ0n) is 12.0. The van der Waals surface area contributed by atoms with Gasteiger partial charge in [0.25, 0.3) is 0 Å². The van der Waals surface area contributed by atoms with Crippen LogP contribution in [0, 0.1) is 6.92 Å². The topological polar surface area (TPSA) is 67.2 Å². The lowest BCUT2D eigenvalue weighted by Crippen LogP contribution is -2.04. The Morgan fingerprint density at radius 2 is 2.20 bits per heavy atom. The van der Waals surface area contributed by atoms with Gasteiger partial charge in [0.15, 0.2) is 0 Å². The second-order valence-electron chi connectivity index (χ2n) is 4.82. The molecule has 1 aromatic heterocycles. The van der Waals surface area contributed by atoms with E-state index in [-0.39, 0.29) is 0 Å². The van der Waals surface area contributed by atoms with Crippen molar-refractivity contribution in [2.24, 2.45) is 7.05 Å². The van der Waals surface area contributed by atoms with Crippen molar-refractivity contribution in [3.8, 4) is 0 Å². The molecule has 106 valence electrons. The fourth-order valence-corrected chi connectivity index (χ4v) is 2.24. The van der Waals surface area contributed by atoms with E-state index in [1.165, 1.54) is 0 Å². The number of carboxylic acids is 1. The van der Waals surface area contributed by atoms with Gasteiger partial charge < -0.3 is 10.4 Å². The lowest BCUT2D eigenvalue weighted by atomic mass is 10.1. The summed E-state index contributed by atoms with van der Waals surface area (Å²) in [6.45, 7) is 4.57. The smallest absolute Gasteiger partial charge is 0.335 e. The van der Waals surface area contributed by atoms with Gasteiger partial charge in [-0.25, -0.2) is 4.79 Å². The van der Waals surface area contributed by atoms with E-state index in [9.17, 15) is 4.79 Å². The third kappa shape index (κ3) is 2.99. The van der Waals surface area contributed by atoms with E-state index < -0.39 is 5.97 Å². The monoisotopic (exact) mass is 273 g/mol. The average molecular weight is 273 g/mol. The molecule has 1 heterocycles. The molecular weight excluding hydrogens is 254 g/mol. The lowest BCUT2D eigenvalue weighted by Gasteiger charge is -2.08. The number of nitrogens with one attached hydrogen (secondary N) is 1. The maximum absolute atomic E-state index is 11.0. The van der Waals surface area contributed by atoms with Crippen LogP contribution in [0.2, 0.25) is 0 Å². The van der Waals surface area contributed by atoms with Crippen molar-refractivity contribution in [2.75, 3.05) is 5.32 Å². The summed E-state index contributed by atoms with van der Waals surface area (Å²) in [5.41, 5.74) is 4.25. The summed E-state index contributed by atoms with van der Waals surface area (Å²) in [6, 6.07) is 5.27. The summed E-state index contributed by atoms with van der Waals surface area (Å²) in [5, 5.41) is 16.7. The molecule has 0 bridgehead atoms. The highest BCUT2D eigenvalue weighted by Crippen LogP contribution is 2.17. The number of aryl methyl sites for hydroxylation is 3. The van der Waals surface area contributed by atoms with Gasteiger partial charge in [-0.05, 0) is 37.1 Å². The number of rotatable bonds is 5. The van der Waals surface area contributed by atoms with E-state index in [4.69, 9.17) is 5.11 Å². The van der Waals surface area contributed by atoms with Crippen LogP contribution in [0.3, 0.4) is 0 Å². The molecular formula is C15H19N3O2. The van der Waals surface area contributed by atoms with Crippen LogP contribution >= 0.6 is 0 Å². The van der Waals surface area contributed by atoms with E-state index >= 15 is 0 Å². The molecule has 20 heavy (non-hydrogen) atoms. The Kier molecular flexibility index (Phi) is 4.08. The summed E-state index contributed by atoms with van der Waals surface area (Å²) in [6.07, 6.45) is 2.90. The first kappa shape index (κ1) is 14.1. The van der Waals surface area contributed by atoms with Crippen LogP contribution in [0.15, 0.2) is 24.4 Å². The standard InChI is InChI=1S/C15H19N3O2/c1-4-14-11(9-18(3)17-14)8-16-12-5-6-13(15(19)20)10(2)7-12/h5-7,9,16H,4,8H2,1-3H3,(H,19,20). The first-order chi connectivity index (χ1) is 9.51. The van der Waals surface area contributed by atoms with E-state index in [0.717, 1.165) is 28.9 Å². The molecule has 0 fully saturated rings. The summed E-state index contributed by atoms with van der Waals surface area (Å²) < 4.78 is 1.81. The number of aromatic carboxylic acids is 1. The molecule has 1 aromatic carbocycles. The van der Waals surface area contributed by atoms with Gasteiger partial charge in [-0.2, -0.15) is 5.10 Å². The Labute approximate surface area is 118 Å². The number of aromatic nitrogens is 2. The van der Waals surface area contributed by atoms with E-state index in [1.54, 1.807) is 19.1 Å². The number of hydrogen-bond acceptors (Lipinski definition) is 3. The van der Waals surface area contributed by atoms with Gasteiger partial charge in [0.2, 0.25) is 0 Å². The van der Waals surface area contributed by atoms with Gasteiger partial charge in [-0.3, -0.25) is 4.68 Å². The Bertz CT molecular complexity index is 632. The van der Waals surface area contributed by atoms with Crippen LogP contribution in [0.5, 0.6) is 0 Å². The van der Waals surface area contributed by atoms with Crippen molar-refractivity contribution in [1.29, 1.82) is 0 Å². The molecule has 0 spiro atoms. The van der Waals surface area contributed by atoms with Crippen molar-refractivity contribution in [2.45, 2.75) is 26.8 Å². The van der Waals surface area contributed by atoms with Gasteiger partial charge in [0, 0.05) is 31.0 Å². The molecule has 5 nitrogen and oxygen atoms in total. The van der Waals surface area contributed by atoms with Crippen LogP contribution in [0.1, 0.15) is 34.1 Å². The van der Waals surface area contributed by atoms with Crippen LogP contribution in [0.4, 0.5) is 5.69 Å². The highest BCUT2D eigenvalue weighted by molar-refractivity contribution is 5.89. The van der Waals surface area contributed by atoms with Crippen LogP contribution < -0.4 is 5.32 Å². The normalized spacial score (nSPS) is 10.6. The van der Waals surface area contributed by atoms with E-state index in [0.29, 0.717) is 12.1 Å². The maximum Gasteiger partial charge on any atom is 0.335 e. The Morgan fingerprint density at radius 1 is 1.45 bits per heavy atom. The summed E-state index contributed by atoms with van der Waals surface area (Å²) >= 11 is 0. The number of hydrogen-bond donors (Lipinski definition) is 2. The van der Waals surface area contributed by atoms with Crippen molar-refractivity contribution in [3.05, 3.63) is 46.8 Å². The molecule has 2 rings (SSSR count). The quantitative estimate of drug-likeness (QED) is 0.878. The molecule has 0 atom stereocenters. The minimum atomic E-state index is -0.894. The predicted octanol–water partition coefficient (Wildman–Crippen LogP) is 2.60. The van der Waals surface area contributed by atoms with Crippen molar-refractivity contribution >= 4 is 11.7 Å². The third-order valence-corrected chi connectivity index (χ3v) is 3.27. The third-order valence-electron chi connectivity index (χ3n) is 3.27. The van der Waals surface area contributed by atoms with Crippen LogP contribution in [-0.4, -0.2) is 20.9 Å². The summed E-state index contributed by atoms with van der Waals surface area (Å²) in [4.78, 5) is 11.0. The SMILES string of the molecule is CCc1nn(C)cc1CNc1ccc(C(=O)O)c(C)c1. The molecule has 0 radical (unpaired) electrons. The molecule has 0 saturated heterocycles. The van der Waals surface area contributed by atoms with Crippen molar-refractivity contribution in [3.63, 3.8) is 0 Å². The second kappa shape index (κ2) is 5.77. The Balaban J connectivity index is 2.11. The molecule has 0 aliphatic rings. The number of nitrogens with zero attached hydrogens (tertiary/aromatic N) is 2. The van der Waals surface area contributed by atoms with Gasteiger partial charge in [0.1, 0.15) is 0 Å². The number of anilines is 1. The number of carbonyl (C=O) groups is 1. The van der Waals surface area contributed by atoms with Crippen molar-refractivity contribution < 1.29 is 9.90 Å².